The van der Waals surface area contributed by atoms with Crippen LogP contribution in [0.4, 0.5) is 0 Å². The summed E-state index contributed by atoms with van der Waals surface area (Å²) in [6, 6.07) is 6.20. The lowest BCUT2D eigenvalue weighted by Crippen LogP contribution is -2.85. The molecular formula is C15H19ClN3O+. The van der Waals surface area contributed by atoms with E-state index >= 15 is 0 Å². The number of halogens is 1. The maximum atomic E-state index is 11.2. The highest BCUT2D eigenvalue weighted by molar-refractivity contribution is 6.30. The molecule has 5 heteroatoms. The van der Waals surface area contributed by atoms with Crippen LogP contribution in [0.15, 0.2) is 18.2 Å². The second kappa shape index (κ2) is 6.20. The van der Waals surface area contributed by atoms with Crippen molar-refractivity contribution in [1.29, 1.82) is 0 Å². The molecule has 2 rings (SSSR count). The maximum absolute atomic E-state index is 11.2. The van der Waals surface area contributed by atoms with Gasteiger partial charge in [0, 0.05) is 18.0 Å². The third-order valence-electron chi connectivity index (χ3n) is 3.51. The van der Waals surface area contributed by atoms with Crippen molar-refractivity contribution in [2.24, 2.45) is 0 Å². The summed E-state index contributed by atoms with van der Waals surface area (Å²) in [4.78, 5) is 15.7. The number of nitrogens with two attached hydrogens (primary N) is 1. The molecule has 0 bridgehead atoms. The number of nitrogens with one attached hydrogen (secondary N) is 1. The van der Waals surface area contributed by atoms with Gasteiger partial charge in [0.25, 0.3) is 5.91 Å². The number of pyridine rings is 1. The zero-order valence-corrected chi connectivity index (χ0v) is 12.7. The summed E-state index contributed by atoms with van der Waals surface area (Å²) < 4.78 is 0. The minimum absolute atomic E-state index is 0.00124. The first-order chi connectivity index (χ1) is 9.52. The Morgan fingerprint density at radius 3 is 2.85 bits per heavy atom. The fraction of sp³-hybridized carbons (Fsp3) is 0.333. The lowest BCUT2D eigenvalue weighted by molar-refractivity contribution is -0.660. The Labute approximate surface area is 123 Å². The molecule has 1 heterocycles. The van der Waals surface area contributed by atoms with Crippen molar-refractivity contribution in [1.82, 2.24) is 10.3 Å². The number of rotatable bonds is 4. The van der Waals surface area contributed by atoms with E-state index in [4.69, 9.17) is 11.6 Å². The summed E-state index contributed by atoms with van der Waals surface area (Å²) in [5, 5.41) is 6.10. The predicted octanol–water partition coefficient (Wildman–Crippen LogP) is 1.31. The van der Waals surface area contributed by atoms with Crippen LogP contribution in [0.3, 0.4) is 0 Å². The molecular weight excluding hydrogens is 274 g/mol. The number of amides is 1. The Hall–Kier alpha value is -1.65. The van der Waals surface area contributed by atoms with Crippen LogP contribution in [0.25, 0.3) is 10.9 Å². The molecule has 0 saturated carbocycles. The average Bonchev–Trinajstić information content (AvgIpc) is 2.44. The molecule has 4 nitrogen and oxygen atoms in total. The Morgan fingerprint density at radius 2 is 2.15 bits per heavy atom. The smallest absolute Gasteiger partial charge is 0.274 e. The molecule has 1 aromatic heterocycles. The van der Waals surface area contributed by atoms with Crippen molar-refractivity contribution in [3.05, 3.63) is 40.0 Å². The van der Waals surface area contributed by atoms with Gasteiger partial charge >= 0.3 is 0 Å². The highest BCUT2D eigenvalue weighted by atomic mass is 35.5. The number of carbonyl (C=O) groups is 1. The topological polar surface area (TPSA) is 58.6 Å². The first-order valence-corrected chi connectivity index (χ1v) is 6.98. The van der Waals surface area contributed by atoms with Gasteiger partial charge < -0.3 is 10.6 Å². The molecule has 0 spiro atoms. The van der Waals surface area contributed by atoms with E-state index < -0.39 is 0 Å². The molecule has 0 fully saturated rings. The Morgan fingerprint density at radius 1 is 1.40 bits per heavy atom. The summed E-state index contributed by atoms with van der Waals surface area (Å²) in [6.07, 6.45) is 0. The van der Waals surface area contributed by atoms with Crippen molar-refractivity contribution in [3.8, 4) is 0 Å². The van der Waals surface area contributed by atoms with Crippen molar-refractivity contribution in [2.75, 3.05) is 13.6 Å². The molecule has 0 aliphatic carbocycles. The van der Waals surface area contributed by atoms with E-state index in [0.29, 0.717) is 18.2 Å². The van der Waals surface area contributed by atoms with Gasteiger partial charge in [0.2, 0.25) is 0 Å². The van der Waals surface area contributed by atoms with Crippen molar-refractivity contribution >= 4 is 28.4 Å². The number of fused-ring (bicyclic) bond motifs is 1. The van der Waals surface area contributed by atoms with E-state index in [1.807, 2.05) is 5.32 Å². The van der Waals surface area contributed by atoms with Crippen molar-refractivity contribution < 1.29 is 10.1 Å². The van der Waals surface area contributed by atoms with Crippen LogP contribution in [0.5, 0.6) is 0 Å². The second-order valence-electron chi connectivity index (χ2n) is 4.89. The molecule has 3 N–H and O–H groups in total. The van der Waals surface area contributed by atoms with Gasteiger partial charge in [-0.3, -0.25) is 4.79 Å². The largest absolute Gasteiger partial charge is 0.354 e. The van der Waals surface area contributed by atoms with Gasteiger partial charge in [-0.2, -0.15) is 0 Å². The summed E-state index contributed by atoms with van der Waals surface area (Å²) in [7, 11) is 1.63. The third kappa shape index (κ3) is 3.08. The molecule has 0 saturated heterocycles. The van der Waals surface area contributed by atoms with Gasteiger partial charge in [-0.15, -0.1) is 0 Å². The SMILES string of the molecule is CNC(=O)C[NH2+]Cc1cc2ccc(C)c(C)c2nc1Cl. The van der Waals surface area contributed by atoms with Gasteiger partial charge in [0.1, 0.15) is 11.7 Å². The van der Waals surface area contributed by atoms with Crippen molar-refractivity contribution in [2.45, 2.75) is 20.4 Å². The number of aryl methyl sites for hydroxylation is 2. The molecule has 0 aliphatic rings. The fourth-order valence-electron chi connectivity index (χ4n) is 2.11. The molecule has 1 aromatic carbocycles. The third-order valence-corrected chi connectivity index (χ3v) is 3.84. The standard InChI is InChI=1S/C15H18ClN3O/c1-9-4-5-11-6-12(7-18-8-13(20)17-3)15(16)19-14(11)10(9)2/h4-6,18H,7-8H2,1-3H3,(H,17,20)/p+1. The second-order valence-corrected chi connectivity index (χ2v) is 5.25. The van der Waals surface area contributed by atoms with Crippen LogP contribution in [-0.2, 0) is 11.3 Å². The molecule has 106 valence electrons. The first kappa shape index (κ1) is 14.8. The molecule has 20 heavy (non-hydrogen) atoms. The van der Waals surface area contributed by atoms with E-state index in [2.05, 4.69) is 42.3 Å². The zero-order chi connectivity index (χ0) is 14.7. The van der Waals surface area contributed by atoms with E-state index in [9.17, 15) is 4.79 Å². The predicted molar refractivity (Wildman–Crippen MR) is 80.8 cm³/mol. The minimum atomic E-state index is 0.00124. The molecule has 2 aromatic rings. The van der Waals surface area contributed by atoms with Gasteiger partial charge in [0.05, 0.1) is 5.52 Å². The number of likely N-dealkylation sites (N-methyl/N-ethyl adjacent to an activating group) is 1. The van der Waals surface area contributed by atoms with E-state index in [1.165, 1.54) is 5.56 Å². The quantitative estimate of drug-likeness (QED) is 0.835. The number of carbonyl (C=O) groups excluding carboxylic acids is 1. The van der Waals surface area contributed by atoms with Gasteiger partial charge in [-0.05, 0) is 31.0 Å². The number of nitrogens with zero attached hydrogens (tertiary/aromatic N) is 1. The normalized spacial score (nSPS) is 10.8. The highest BCUT2D eigenvalue weighted by Gasteiger charge is 2.10. The lowest BCUT2D eigenvalue weighted by Gasteiger charge is -2.09. The highest BCUT2D eigenvalue weighted by Crippen LogP contribution is 2.24. The Kier molecular flexibility index (Phi) is 4.57. The fourth-order valence-corrected chi connectivity index (χ4v) is 2.32. The average molecular weight is 293 g/mol. The first-order valence-electron chi connectivity index (χ1n) is 6.60. The van der Waals surface area contributed by atoms with Crippen LogP contribution in [-0.4, -0.2) is 24.5 Å². The maximum Gasteiger partial charge on any atom is 0.274 e. The summed E-state index contributed by atoms with van der Waals surface area (Å²) in [5.74, 6) is 0.00124. The molecule has 1 amide bonds. The van der Waals surface area contributed by atoms with Crippen molar-refractivity contribution in [3.63, 3.8) is 0 Å². The zero-order valence-electron chi connectivity index (χ0n) is 12.0. The van der Waals surface area contributed by atoms with Crippen LogP contribution in [0, 0.1) is 13.8 Å². The lowest BCUT2D eigenvalue weighted by atomic mass is 10.0. The summed E-state index contributed by atoms with van der Waals surface area (Å²) in [6.45, 7) is 5.15. The van der Waals surface area contributed by atoms with Gasteiger partial charge in [-0.1, -0.05) is 23.7 Å². The van der Waals surface area contributed by atoms with Crippen LogP contribution in [0.2, 0.25) is 5.15 Å². The molecule has 0 aliphatic heterocycles. The Balaban J connectivity index is 2.25. The number of hydrogen-bond donors (Lipinski definition) is 2. The summed E-state index contributed by atoms with van der Waals surface area (Å²) in [5.41, 5.74) is 4.27. The number of quaternary nitrogens is 1. The summed E-state index contributed by atoms with van der Waals surface area (Å²) >= 11 is 6.25. The van der Waals surface area contributed by atoms with Gasteiger partial charge in [-0.25, -0.2) is 4.98 Å². The Bertz CT molecular complexity index is 655. The van der Waals surface area contributed by atoms with Gasteiger partial charge in [0.15, 0.2) is 6.54 Å². The monoisotopic (exact) mass is 292 g/mol. The number of benzene rings is 1. The molecule has 0 atom stereocenters. The molecule has 0 unspecified atom stereocenters. The van der Waals surface area contributed by atoms with E-state index in [-0.39, 0.29) is 5.91 Å². The number of hydrogen-bond acceptors (Lipinski definition) is 2. The molecule has 0 radical (unpaired) electrons. The van der Waals surface area contributed by atoms with E-state index in [0.717, 1.165) is 22.0 Å². The van der Waals surface area contributed by atoms with Crippen LogP contribution < -0.4 is 10.6 Å². The van der Waals surface area contributed by atoms with Crippen LogP contribution >= 0.6 is 11.6 Å². The van der Waals surface area contributed by atoms with E-state index in [1.54, 1.807) is 7.05 Å². The number of aromatic nitrogens is 1. The van der Waals surface area contributed by atoms with Crippen LogP contribution in [0.1, 0.15) is 16.7 Å². The minimum Gasteiger partial charge on any atom is -0.354 e.